The van der Waals surface area contributed by atoms with Crippen molar-refractivity contribution in [3.05, 3.63) is 58.5 Å². The minimum Gasteiger partial charge on any atom is -0.491 e. The van der Waals surface area contributed by atoms with Crippen molar-refractivity contribution in [1.82, 2.24) is 14.9 Å². The minimum absolute atomic E-state index is 0.180. The molecular weight excluding hydrogens is 378 g/mol. The van der Waals surface area contributed by atoms with Gasteiger partial charge in [0.05, 0.1) is 18.2 Å². The van der Waals surface area contributed by atoms with E-state index in [1.54, 1.807) is 26.1 Å². The van der Waals surface area contributed by atoms with Crippen LogP contribution in [-0.2, 0) is 12.6 Å². The van der Waals surface area contributed by atoms with Crippen LogP contribution in [-0.4, -0.2) is 27.2 Å². The number of amides is 1. The summed E-state index contributed by atoms with van der Waals surface area (Å²) >= 11 is 6.08. The maximum atomic E-state index is 13.0. The molecule has 1 aromatic carbocycles. The molecule has 146 valence electrons. The number of aromatic nitrogens is 2. The number of hydrogen-bond donors (Lipinski definition) is 2. The zero-order chi connectivity index (χ0) is 20.1. The molecule has 7 heteroatoms. The molecule has 0 saturated carbocycles. The Kier molecular flexibility index (Phi) is 4.56. The highest BCUT2D eigenvalue weighted by atomic mass is 35.5. The van der Waals surface area contributed by atoms with Gasteiger partial charge in [0.2, 0.25) is 0 Å². The van der Waals surface area contributed by atoms with E-state index in [1.807, 2.05) is 35.9 Å². The Bertz CT molecular complexity index is 1070. The predicted octanol–water partition coefficient (Wildman–Crippen LogP) is 3.71. The van der Waals surface area contributed by atoms with E-state index >= 15 is 0 Å². The van der Waals surface area contributed by atoms with Gasteiger partial charge in [-0.25, -0.2) is 0 Å². The first kappa shape index (κ1) is 18.8. The number of carbonyl (C=O) groups is 1. The fourth-order valence-electron chi connectivity index (χ4n) is 3.48. The average molecular weight is 400 g/mol. The van der Waals surface area contributed by atoms with Crippen LogP contribution in [0.4, 0.5) is 0 Å². The van der Waals surface area contributed by atoms with Crippen molar-refractivity contribution < 1.29 is 14.6 Å². The first-order valence-electron chi connectivity index (χ1n) is 9.15. The maximum Gasteiger partial charge on any atom is 0.268 e. The van der Waals surface area contributed by atoms with Gasteiger partial charge < -0.3 is 19.7 Å². The van der Waals surface area contributed by atoms with Crippen molar-refractivity contribution >= 4 is 28.4 Å². The van der Waals surface area contributed by atoms with Crippen molar-refractivity contribution in [3.63, 3.8) is 0 Å². The van der Waals surface area contributed by atoms with Gasteiger partial charge in [-0.05, 0) is 38.1 Å². The van der Waals surface area contributed by atoms with Crippen LogP contribution in [0.1, 0.15) is 48.1 Å². The van der Waals surface area contributed by atoms with Gasteiger partial charge in [-0.2, -0.15) is 0 Å². The van der Waals surface area contributed by atoms with Crippen molar-refractivity contribution in [3.8, 4) is 5.75 Å². The van der Waals surface area contributed by atoms with Crippen LogP contribution in [0.25, 0.3) is 10.9 Å². The van der Waals surface area contributed by atoms with E-state index in [0.717, 1.165) is 10.9 Å². The van der Waals surface area contributed by atoms with E-state index in [1.165, 1.54) is 0 Å². The first-order chi connectivity index (χ1) is 13.2. The molecule has 0 aliphatic carbocycles. The Hall–Kier alpha value is -2.57. The summed E-state index contributed by atoms with van der Waals surface area (Å²) in [7, 11) is 1.85. The second-order valence-electron chi connectivity index (χ2n) is 7.62. The number of rotatable bonds is 3. The van der Waals surface area contributed by atoms with E-state index in [9.17, 15) is 9.90 Å². The Morgan fingerprint density at radius 2 is 2.14 bits per heavy atom. The highest BCUT2D eigenvalue weighted by molar-refractivity contribution is 6.31. The molecule has 0 radical (unpaired) electrons. The smallest absolute Gasteiger partial charge is 0.268 e. The summed E-state index contributed by atoms with van der Waals surface area (Å²) < 4.78 is 7.55. The number of ether oxygens (including phenoxy) is 1. The van der Waals surface area contributed by atoms with Crippen molar-refractivity contribution in [1.29, 1.82) is 0 Å². The van der Waals surface area contributed by atoms with Gasteiger partial charge in [0.1, 0.15) is 17.1 Å². The fourth-order valence-corrected chi connectivity index (χ4v) is 3.65. The second kappa shape index (κ2) is 6.79. The Morgan fingerprint density at radius 3 is 2.89 bits per heavy atom. The lowest BCUT2D eigenvalue weighted by Crippen LogP contribution is -2.34. The topological polar surface area (TPSA) is 76.4 Å². The first-order valence-corrected chi connectivity index (χ1v) is 9.53. The molecular formula is C21H22ClN3O3. The van der Waals surface area contributed by atoms with Crippen LogP contribution >= 0.6 is 11.6 Å². The molecule has 4 rings (SSSR count). The monoisotopic (exact) mass is 399 g/mol. The number of nitrogens with zero attached hydrogens (tertiary/aromatic N) is 2. The predicted molar refractivity (Wildman–Crippen MR) is 108 cm³/mol. The van der Waals surface area contributed by atoms with E-state index in [0.29, 0.717) is 40.8 Å². The number of carbonyl (C=O) groups excluding carboxylic acids is 1. The molecule has 3 heterocycles. The molecule has 0 spiro atoms. The fraction of sp³-hybridized carbons (Fsp3) is 0.333. The standard InChI is InChI=1S/C21H22ClN3O3/c1-21(2,27)13-9-18-19(23-11-13)15(6-7-28-18)24-20(26)17-8-12-4-5-14(22)10-16(12)25(17)3/h4-5,8-11,15,27H,6-7H2,1-3H3,(H,24,26). The van der Waals surface area contributed by atoms with Crippen molar-refractivity contribution in [2.24, 2.45) is 7.05 Å². The molecule has 2 N–H and O–H groups in total. The zero-order valence-corrected chi connectivity index (χ0v) is 16.7. The van der Waals surface area contributed by atoms with Crippen molar-refractivity contribution in [2.45, 2.75) is 31.9 Å². The van der Waals surface area contributed by atoms with Gasteiger partial charge >= 0.3 is 0 Å². The largest absolute Gasteiger partial charge is 0.491 e. The van der Waals surface area contributed by atoms with Crippen LogP contribution in [0.3, 0.4) is 0 Å². The number of nitrogens with one attached hydrogen (secondary N) is 1. The number of pyridine rings is 1. The molecule has 0 saturated heterocycles. The normalized spacial score (nSPS) is 16.5. The quantitative estimate of drug-likeness (QED) is 0.704. The van der Waals surface area contributed by atoms with Crippen LogP contribution in [0.2, 0.25) is 5.02 Å². The number of fused-ring (bicyclic) bond motifs is 2. The molecule has 1 aliphatic heterocycles. The highest BCUT2D eigenvalue weighted by Gasteiger charge is 2.28. The van der Waals surface area contributed by atoms with Gasteiger partial charge in [-0.1, -0.05) is 17.7 Å². The summed E-state index contributed by atoms with van der Waals surface area (Å²) in [6, 6.07) is 8.94. The molecule has 1 atom stereocenters. The van der Waals surface area contributed by atoms with E-state index in [-0.39, 0.29) is 11.9 Å². The zero-order valence-electron chi connectivity index (χ0n) is 16.0. The van der Waals surface area contributed by atoms with Gasteiger partial charge in [-0.3, -0.25) is 9.78 Å². The lowest BCUT2D eigenvalue weighted by molar-refractivity contribution is 0.0772. The van der Waals surface area contributed by atoms with E-state index in [4.69, 9.17) is 16.3 Å². The summed E-state index contributed by atoms with van der Waals surface area (Å²) in [5.41, 5.74) is 1.79. The Balaban J connectivity index is 1.62. The number of hydrogen-bond acceptors (Lipinski definition) is 4. The summed E-state index contributed by atoms with van der Waals surface area (Å²) in [5, 5.41) is 14.8. The maximum absolute atomic E-state index is 13.0. The Labute approximate surface area is 168 Å². The third-order valence-electron chi connectivity index (χ3n) is 5.13. The van der Waals surface area contributed by atoms with E-state index < -0.39 is 5.60 Å². The van der Waals surface area contributed by atoms with Crippen LogP contribution < -0.4 is 10.1 Å². The number of benzene rings is 1. The summed E-state index contributed by atoms with van der Waals surface area (Å²) in [6.45, 7) is 3.87. The highest BCUT2D eigenvalue weighted by Crippen LogP contribution is 2.34. The molecule has 1 aliphatic rings. The third kappa shape index (κ3) is 3.34. The lowest BCUT2D eigenvalue weighted by Gasteiger charge is -2.27. The molecule has 3 aromatic rings. The lowest BCUT2D eigenvalue weighted by atomic mass is 9.97. The third-order valence-corrected chi connectivity index (χ3v) is 5.36. The SMILES string of the molecule is Cn1c(C(=O)NC2CCOc3cc(C(C)(C)O)cnc32)cc2ccc(Cl)cc21. The van der Waals surface area contributed by atoms with Crippen molar-refractivity contribution in [2.75, 3.05) is 6.61 Å². The van der Waals surface area contributed by atoms with Gasteiger partial charge in [0.15, 0.2) is 0 Å². The minimum atomic E-state index is -1.01. The van der Waals surface area contributed by atoms with Gasteiger partial charge in [-0.15, -0.1) is 0 Å². The van der Waals surface area contributed by atoms with E-state index in [2.05, 4.69) is 10.3 Å². The van der Waals surface area contributed by atoms with Gasteiger partial charge in [0.25, 0.3) is 5.91 Å². The van der Waals surface area contributed by atoms with Crippen LogP contribution in [0.15, 0.2) is 36.5 Å². The molecule has 1 amide bonds. The molecule has 2 aromatic heterocycles. The van der Waals surface area contributed by atoms with Gasteiger partial charge in [0, 0.05) is 41.2 Å². The number of aliphatic hydroxyl groups is 1. The molecule has 6 nitrogen and oxygen atoms in total. The second-order valence-corrected chi connectivity index (χ2v) is 8.06. The summed E-state index contributed by atoms with van der Waals surface area (Å²) in [4.78, 5) is 17.4. The molecule has 0 fully saturated rings. The summed E-state index contributed by atoms with van der Waals surface area (Å²) in [5.74, 6) is 0.418. The number of halogens is 1. The molecule has 28 heavy (non-hydrogen) atoms. The Morgan fingerprint density at radius 1 is 1.36 bits per heavy atom. The van der Waals surface area contributed by atoms with Crippen LogP contribution in [0.5, 0.6) is 5.75 Å². The van der Waals surface area contributed by atoms with Crippen LogP contribution in [0, 0.1) is 0 Å². The molecule has 0 bridgehead atoms. The average Bonchev–Trinajstić information content (AvgIpc) is 2.97. The molecule has 1 unspecified atom stereocenters. The number of aryl methyl sites for hydroxylation is 1. The summed E-state index contributed by atoms with van der Waals surface area (Å²) in [6.07, 6.45) is 2.26.